The molecule has 8 nitrogen and oxygen atoms in total. The van der Waals surface area contributed by atoms with Gasteiger partial charge in [-0.25, -0.2) is 4.98 Å². The van der Waals surface area contributed by atoms with Gasteiger partial charge < -0.3 is 19.5 Å². The van der Waals surface area contributed by atoms with Crippen LogP contribution in [-0.2, 0) is 4.74 Å². The molecule has 4 rings (SSSR count). The van der Waals surface area contributed by atoms with E-state index in [1.165, 1.54) is 0 Å². The number of hydrogen-bond donors (Lipinski definition) is 1. The van der Waals surface area contributed by atoms with Crippen LogP contribution in [0.3, 0.4) is 0 Å². The highest BCUT2D eigenvalue weighted by atomic mass is 16.5. The van der Waals surface area contributed by atoms with Crippen molar-refractivity contribution in [1.82, 2.24) is 20.1 Å². The van der Waals surface area contributed by atoms with Crippen LogP contribution in [0.15, 0.2) is 16.8 Å². The second kappa shape index (κ2) is 8.43. The van der Waals surface area contributed by atoms with Crippen molar-refractivity contribution < 1.29 is 9.26 Å². The minimum absolute atomic E-state index is 0.215. The van der Waals surface area contributed by atoms with Crippen molar-refractivity contribution in [3.05, 3.63) is 24.0 Å². The second-order valence-electron chi connectivity index (χ2n) is 8.18. The fourth-order valence-electron chi connectivity index (χ4n) is 4.22. The maximum Gasteiger partial charge on any atom is 0.231 e. The van der Waals surface area contributed by atoms with E-state index in [1.807, 2.05) is 19.2 Å². The summed E-state index contributed by atoms with van der Waals surface area (Å²) in [5.74, 6) is 3.72. The Labute approximate surface area is 166 Å². The molecule has 1 N–H and O–H groups in total. The van der Waals surface area contributed by atoms with Crippen LogP contribution in [0, 0.1) is 12.8 Å². The molecule has 0 spiro atoms. The van der Waals surface area contributed by atoms with Gasteiger partial charge in [0.15, 0.2) is 5.82 Å². The van der Waals surface area contributed by atoms with Crippen molar-refractivity contribution >= 4 is 11.8 Å². The largest absolute Gasteiger partial charge is 0.376 e. The highest BCUT2D eigenvalue weighted by molar-refractivity contribution is 5.43. The molecule has 3 atom stereocenters. The first kappa shape index (κ1) is 19.1. The molecule has 0 amide bonds. The first-order chi connectivity index (χ1) is 13.6. The van der Waals surface area contributed by atoms with E-state index in [9.17, 15) is 0 Å². The maximum atomic E-state index is 6.00. The topological polar surface area (TPSA) is 89.2 Å². The standard InChI is InChI=1S/C20H30N6O2/c1-13(2)18-16(7-5-11-27-18)23-17-8-9-21-20(24-17)26-10-4-6-15(12-26)19-22-14(3)25-28-19/h8-9,13,15-16,18H,4-7,10-12H2,1-3H3,(H,21,23,24)/t15-,16+,18-/m1/s1. The first-order valence-corrected chi connectivity index (χ1v) is 10.4. The molecule has 0 aromatic carbocycles. The van der Waals surface area contributed by atoms with Crippen molar-refractivity contribution in [2.45, 2.75) is 64.5 Å². The van der Waals surface area contributed by atoms with Crippen LogP contribution in [0.4, 0.5) is 11.8 Å². The van der Waals surface area contributed by atoms with Gasteiger partial charge in [0, 0.05) is 25.9 Å². The van der Waals surface area contributed by atoms with Gasteiger partial charge in [-0.15, -0.1) is 0 Å². The molecule has 2 aromatic rings. The van der Waals surface area contributed by atoms with Crippen LogP contribution < -0.4 is 10.2 Å². The zero-order valence-electron chi connectivity index (χ0n) is 17.0. The summed E-state index contributed by atoms with van der Waals surface area (Å²) in [5, 5.41) is 7.53. The number of rotatable bonds is 5. The van der Waals surface area contributed by atoms with Crippen LogP contribution in [0.5, 0.6) is 0 Å². The molecule has 152 valence electrons. The van der Waals surface area contributed by atoms with Crippen molar-refractivity contribution in [1.29, 1.82) is 0 Å². The zero-order valence-corrected chi connectivity index (χ0v) is 17.0. The maximum absolute atomic E-state index is 6.00. The predicted molar refractivity (Wildman–Crippen MR) is 106 cm³/mol. The normalized spacial score (nSPS) is 25.9. The summed E-state index contributed by atoms with van der Waals surface area (Å²) < 4.78 is 11.4. The summed E-state index contributed by atoms with van der Waals surface area (Å²) in [6, 6.07) is 2.23. The third-order valence-corrected chi connectivity index (χ3v) is 5.60. The second-order valence-corrected chi connectivity index (χ2v) is 8.18. The van der Waals surface area contributed by atoms with Gasteiger partial charge in [-0.05, 0) is 44.6 Å². The number of nitrogens with zero attached hydrogens (tertiary/aromatic N) is 5. The minimum atomic E-state index is 0.215. The molecule has 2 fully saturated rings. The molecule has 0 radical (unpaired) electrons. The number of aryl methyl sites for hydroxylation is 1. The van der Waals surface area contributed by atoms with E-state index in [0.29, 0.717) is 11.7 Å². The number of piperidine rings is 1. The lowest BCUT2D eigenvalue weighted by Gasteiger charge is -2.35. The van der Waals surface area contributed by atoms with Gasteiger partial charge in [0.05, 0.1) is 18.1 Å². The summed E-state index contributed by atoms with van der Waals surface area (Å²) in [7, 11) is 0. The Kier molecular flexibility index (Phi) is 5.75. The average Bonchev–Trinajstić information content (AvgIpc) is 3.15. The van der Waals surface area contributed by atoms with Gasteiger partial charge >= 0.3 is 0 Å². The van der Waals surface area contributed by atoms with E-state index < -0.39 is 0 Å². The summed E-state index contributed by atoms with van der Waals surface area (Å²) in [4.78, 5) is 15.9. The minimum Gasteiger partial charge on any atom is -0.376 e. The quantitative estimate of drug-likeness (QED) is 0.838. The van der Waals surface area contributed by atoms with E-state index in [1.54, 1.807) is 0 Å². The van der Waals surface area contributed by atoms with E-state index in [0.717, 1.165) is 63.0 Å². The zero-order chi connectivity index (χ0) is 19.5. The monoisotopic (exact) mass is 386 g/mol. The van der Waals surface area contributed by atoms with Gasteiger partial charge in [-0.3, -0.25) is 0 Å². The van der Waals surface area contributed by atoms with Crippen LogP contribution in [-0.4, -0.2) is 52.0 Å². The van der Waals surface area contributed by atoms with E-state index in [4.69, 9.17) is 14.2 Å². The summed E-state index contributed by atoms with van der Waals surface area (Å²) >= 11 is 0. The van der Waals surface area contributed by atoms with Gasteiger partial charge in [0.2, 0.25) is 11.8 Å². The lowest BCUT2D eigenvalue weighted by atomic mass is 9.94. The van der Waals surface area contributed by atoms with E-state index >= 15 is 0 Å². The third-order valence-electron chi connectivity index (χ3n) is 5.60. The highest BCUT2D eigenvalue weighted by Crippen LogP contribution is 2.28. The molecule has 2 aromatic heterocycles. The highest BCUT2D eigenvalue weighted by Gasteiger charge is 2.30. The molecule has 4 heterocycles. The van der Waals surface area contributed by atoms with Crippen LogP contribution >= 0.6 is 0 Å². The van der Waals surface area contributed by atoms with Gasteiger partial charge in [-0.1, -0.05) is 19.0 Å². The molecule has 0 unspecified atom stereocenters. The van der Waals surface area contributed by atoms with Gasteiger partial charge in [-0.2, -0.15) is 9.97 Å². The Morgan fingerprint density at radius 3 is 2.89 bits per heavy atom. The molecular weight excluding hydrogens is 356 g/mol. The Morgan fingerprint density at radius 2 is 2.11 bits per heavy atom. The third kappa shape index (κ3) is 4.27. The predicted octanol–water partition coefficient (Wildman–Crippen LogP) is 3.17. The van der Waals surface area contributed by atoms with E-state index in [-0.39, 0.29) is 18.1 Å². The number of anilines is 2. The van der Waals surface area contributed by atoms with Gasteiger partial charge in [0.1, 0.15) is 5.82 Å². The van der Waals surface area contributed by atoms with Crippen molar-refractivity contribution in [2.75, 3.05) is 29.9 Å². The fraction of sp³-hybridized carbons (Fsp3) is 0.700. The first-order valence-electron chi connectivity index (χ1n) is 10.4. The Bertz CT molecular complexity index is 780. The van der Waals surface area contributed by atoms with Crippen LogP contribution in [0.2, 0.25) is 0 Å². The van der Waals surface area contributed by atoms with Crippen LogP contribution in [0.1, 0.15) is 57.2 Å². The molecule has 28 heavy (non-hydrogen) atoms. The smallest absolute Gasteiger partial charge is 0.231 e. The van der Waals surface area contributed by atoms with Crippen LogP contribution in [0.25, 0.3) is 0 Å². The number of nitrogens with one attached hydrogen (secondary N) is 1. The Balaban J connectivity index is 1.45. The lowest BCUT2D eigenvalue weighted by molar-refractivity contribution is -0.0203. The molecule has 0 bridgehead atoms. The lowest BCUT2D eigenvalue weighted by Crippen LogP contribution is -2.43. The Morgan fingerprint density at radius 1 is 1.21 bits per heavy atom. The molecule has 0 saturated carbocycles. The molecule has 2 aliphatic heterocycles. The fourth-order valence-corrected chi connectivity index (χ4v) is 4.22. The van der Waals surface area contributed by atoms with Crippen molar-refractivity contribution in [2.24, 2.45) is 5.92 Å². The SMILES string of the molecule is Cc1noc([C@@H]2CCCN(c3nccc(N[C@H]4CCCO[C@@H]4C(C)C)n3)C2)n1. The molecule has 8 heteroatoms. The van der Waals surface area contributed by atoms with Gasteiger partial charge in [0.25, 0.3) is 0 Å². The number of ether oxygens (including phenoxy) is 1. The molecule has 2 saturated heterocycles. The molecular formula is C20H30N6O2. The summed E-state index contributed by atoms with van der Waals surface area (Å²) in [5.41, 5.74) is 0. The molecule has 2 aliphatic rings. The Hall–Kier alpha value is -2.22. The van der Waals surface area contributed by atoms with E-state index in [2.05, 4.69) is 39.2 Å². The summed E-state index contributed by atoms with van der Waals surface area (Å²) in [6.07, 6.45) is 6.33. The van der Waals surface area contributed by atoms with Crippen molar-refractivity contribution in [3.8, 4) is 0 Å². The number of aromatic nitrogens is 4. The molecule has 0 aliphatic carbocycles. The van der Waals surface area contributed by atoms with Crippen molar-refractivity contribution in [3.63, 3.8) is 0 Å². The summed E-state index contributed by atoms with van der Waals surface area (Å²) in [6.45, 7) is 8.86. The average molecular weight is 387 g/mol. The number of hydrogen-bond acceptors (Lipinski definition) is 8.